The number of Topliss-reactive ketones (excluding diaryl/α,β-unsaturated/α-hetero) is 1. The van der Waals surface area contributed by atoms with Crippen LogP contribution in [0.3, 0.4) is 0 Å². The molecule has 1 aliphatic carbocycles. The summed E-state index contributed by atoms with van der Waals surface area (Å²) < 4.78 is 17.3. The van der Waals surface area contributed by atoms with E-state index >= 15 is 0 Å². The molecule has 0 radical (unpaired) electrons. The maximum Gasteiger partial charge on any atom is 0.211 e. The summed E-state index contributed by atoms with van der Waals surface area (Å²) >= 11 is 0. The molecule has 0 unspecified atom stereocenters. The Hall–Kier alpha value is -0.753. The SMILES string of the molecule is COC1(OC)C=C(CO[Si](C)(C)C(C)(C)C)C(=O)C(C)=C1C. The van der Waals surface area contributed by atoms with Crippen molar-refractivity contribution in [3.63, 3.8) is 0 Å². The van der Waals surface area contributed by atoms with Gasteiger partial charge in [-0.3, -0.25) is 4.79 Å². The standard InChI is InChI=1S/C17H30O4Si/c1-12-13(2)17(19-6,20-7)10-14(15(12)18)11-21-22(8,9)16(3,4)5/h10H,11H2,1-9H3. The molecule has 0 saturated carbocycles. The van der Waals surface area contributed by atoms with Crippen molar-refractivity contribution >= 4 is 14.1 Å². The zero-order chi connectivity index (χ0) is 17.3. The van der Waals surface area contributed by atoms with Crippen LogP contribution in [0.15, 0.2) is 22.8 Å². The van der Waals surface area contributed by atoms with E-state index in [1.54, 1.807) is 20.3 Å². The van der Waals surface area contributed by atoms with Crippen LogP contribution in [0.5, 0.6) is 0 Å². The maximum atomic E-state index is 12.5. The molecule has 0 aliphatic heterocycles. The molecular formula is C17H30O4Si. The van der Waals surface area contributed by atoms with Crippen LogP contribution < -0.4 is 0 Å². The normalized spacial score (nSPS) is 19.5. The molecule has 1 rings (SSSR count). The lowest BCUT2D eigenvalue weighted by Gasteiger charge is -2.38. The molecule has 0 heterocycles. The smallest absolute Gasteiger partial charge is 0.211 e. The third-order valence-electron chi connectivity index (χ3n) is 5.08. The van der Waals surface area contributed by atoms with Gasteiger partial charge in [0.25, 0.3) is 0 Å². The molecule has 0 aromatic carbocycles. The van der Waals surface area contributed by atoms with E-state index in [1.165, 1.54) is 0 Å². The van der Waals surface area contributed by atoms with Crippen molar-refractivity contribution < 1.29 is 18.7 Å². The fourth-order valence-electron chi connectivity index (χ4n) is 2.16. The molecule has 126 valence electrons. The average Bonchev–Trinajstić information content (AvgIpc) is 2.43. The lowest BCUT2D eigenvalue weighted by molar-refractivity contribution is -0.146. The van der Waals surface area contributed by atoms with Crippen LogP contribution in [0.25, 0.3) is 0 Å². The van der Waals surface area contributed by atoms with Crippen LogP contribution in [-0.2, 0) is 18.7 Å². The van der Waals surface area contributed by atoms with E-state index in [0.29, 0.717) is 17.8 Å². The van der Waals surface area contributed by atoms with Crippen LogP contribution in [0.2, 0.25) is 18.1 Å². The highest BCUT2D eigenvalue weighted by molar-refractivity contribution is 6.74. The van der Waals surface area contributed by atoms with Gasteiger partial charge in [-0.05, 0) is 43.6 Å². The van der Waals surface area contributed by atoms with Gasteiger partial charge in [0.15, 0.2) is 14.1 Å². The molecule has 0 fully saturated rings. The third kappa shape index (κ3) is 3.43. The molecule has 0 N–H and O–H groups in total. The summed E-state index contributed by atoms with van der Waals surface area (Å²) in [5.74, 6) is -0.953. The summed E-state index contributed by atoms with van der Waals surface area (Å²) in [7, 11) is 1.25. The van der Waals surface area contributed by atoms with Gasteiger partial charge in [-0.25, -0.2) is 0 Å². The van der Waals surface area contributed by atoms with E-state index in [-0.39, 0.29) is 10.8 Å². The number of hydrogen-bond acceptors (Lipinski definition) is 4. The lowest BCUT2D eigenvalue weighted by Crippen LogP contribution is -2.43. The van der Waals surface area contributed by atoms with Gasteiger partial charge in [-0.2, -0.15) is 0 Å². The van der Waals surface area contributed by atoms with Crippen LogP contribution >= 0.6 is 0 Å². The quantitative estimate of drug-likeness (QED) is 0.569. The minimum absolute atomic E-state index is 0.0148. The Morgan fingerprint density at radius 2 is 1.64 bits per heavy atom. The highest BCUT2D eigenvalue weighted by Crippen LogP contribution is 2.38. The van der Waals surface area contributed by atoms with Gasteiger partial charge < -0.3 is 13.9 Å². The van der Waals surface area contributed by atoms with E-state index in [4.69, 9.17) is 13.9 Å². The minimum Gasteiger partial charge on any atom is -0.412 e. The molecule has 0 aromatic heterocycles. The number of ketones is 1. The Labute approximate surface area is 135 Å². The molecule has 0 aromatic rings. The van der Waals surface area contributed by atoms with Crippen LogP contribution in [0.1, 0.15) is 34.6 Å². The Bertz CT molecular complexity index is 505. The molecule has 4 nitrogen and oxygen atoms in total. The Morgan fingerprint density at radius 3 is 2.05 bits per heavy atom. The first-order chi connectivity index (χ1) is 9.92. The monoisotopic (exact) mass is 326 g/mol. The maximum absolute atomic E-state index is 12.5. The number of carbonyl (C=O) groups excluding carboxylic acids is 1. The average molecular weight is 327 g/mol. The van der Waals surface area contributed by atoms with Gasteiger partial charge >= 0.3 is 0 Å². The summed E-state index contributed by atoms with van der Waals surface area (Å²) in [5, 5.41) is 0.103. The largest absolute Gasteiger partial charge is 0.412 e. The number of rotatable bonds is 5. The number of methoxy groups -OCH3 is 2. The van der Waals surface area contributed by atoms with Crippen LogP contribution in [0, 0.1) is 0 Å². The molecule has 22 heavy (non-hydrogen) atoms. The molecule has 0 spiro atoms. The first kappa shape index (κ1) is 19.3. The molecule has 0 amide bonds. The molecule has 0 atom stereocenters. The second-order valence-electron chi connectivity index (χ2n) is 7.37. The second kappa shape index (κ2) is 6.39. The Balaban J connectivity index is 3.08. The third-order valence-corrected chi connectivity index (χ3v) is 9.56. The summed E-state index contributed by atoms with van der Waals surface area (Å²) in [5.41, 5.74) is 2.07. The van der Waals surface area contributed by atoms with E-state index in [2.05, 4.69) is 33.9 Å². The fourth-order valence-corrected chi connectivity index (χ4v) is 3.11. The number of allylic oxidation sites excluding steroid dienone is 1. The van der Waals surface area contributed by atoms with E-state index in [9.17, 15) is 4.79 Å². The van der Waals surface area contributed by atoms with Crippen molar-refractivity contribution in [1.82, 2.24) is 0 Å². The highest BCUT2D eigenvalue weighted by Gasteiger charge is 2.40. The van der Waals surface area contributed by atoms with Gasteiger partial charge in [0.2, 0.25) is 5.79 Å². The summed E-state index contributed by atoms with van der Waals surface area (Å²) in [4.78, 5) is 12.5. The molecule has 5 heteroatoms. The highest BCUT2D eigenvalue weighted by atomic mass is 28.4. The summed E-state index contributed by atoms with van der Waals surface area (Å²) in [6.07, 6.45) is 1.75. The van der Waals surface area contributed by atoms with Crippen molar-refractivity contribution in [2.24, 2.45) is 0 Å². The van der Waals surface area contributed by atoms with Crippen molar-refractivity contribution in [3.8, 4) is 0 Å². The topological polar surface area (TPSA) is 44.8 Å². The van der Waals surface area contributed by atoms with Crippen LogP contribution in [0.4, 0.5) is 0 Å². The fraction of sp³-hybridized carbons (Fsp3) is 0.706. The second-order valence-corrected chi connectivity index (χ2v) is 12.2. The minimum atomic E-state index is -1.91. The van der Waals surface area contributed by atoms with E-state index < -0.39 is 14.1 Å². The molecular weight excluding hydrogens is 296 g/mol. The van der Waals surface area contributed by atoms with E-state index in [0.717, 1.165) is 5.57 Å². The van der Waals surface area contributed by atoms with Gasteiger partial charge in [0.05, 0.1) is 6.61 Å². The molecule has 1 aliphatic rings. The number of ether oxygens (including phenoxy) is 2. The van der Waals surface area contributed by atoms with Gasteiger partial charge in [-0.1, -0.05) is 20.8 Å². The first-order valence-electron chi connectivity index (χ1n) is 7.60. The van der Waals surface area contributed by atoms with Crippen LogP contribution in [-0.4, -0.2) is 40.7 Å². The molecule has 0 saturated heterocycles. The predicted octanol–water partition coefficient (Wildman–Crippen LogP) is 3.84. The number of carbonyl (C=O) groups is 1. The van der Waals surface area contributed by atoms with Gasteiger partial charge in [-0.15, -0.1) is 0 Å². The van der Waals surface area contributed by atoms with Gasteiger partial charge in [0, 0.05) is 25.4 Å². The number of hydrogen-bond donors (Lipinski definition) is 0. The summed E-state index contributed by atoms with van der Waals surface area (Å²) in [6.45, 7) is 14.9. The van der Waals surface area contributed by atoms with E-state index in [1.807, 2.05) is 13.8 Å². The van der Waals surface area contributed by atoms with Crippen molar-refractivity contribution in [2.75, 3.05) is 20.8 Å². The Kier molecular flexibility index (Phi) is 5.61. The van der Waals surface area contributed by atoms with Gasteiger partial charge in [0.1, 0.15) is 0 Å². The first-order valence-corrected chi connectivity index (χ1v) is 10.5. The summed E-state index contributed by atoms with van der Waals surface area (Å²) in [6, 6.07) is 0. The van der Waals surface area contributed by atoms with Crippen molar-refractivity contribution in [3.05, 3.63) is 22.8 Å². The van der Waals surface area contributed by atoms with Crippen molar-refractivity contribution in [1.29, 1.82) is 0 Å². The Morgan fingerprint density at radius 1 is 1.14 bits per heavy atom. The predicted molar refractivity (Wildman–Crippen MR) is 91.4 cm³/mol. The zero-order valence-electron chi connectivity index (χ0n) is 15.4. The van der Waals surface area contributed by atoms with Crippen molar-refractivity contribution in [2.45, 2.75) is 58.5 Å². The lowest BCUT2D eigenvalue weighted by atomic mass is 9.88. The zero-order valence-corrected chi connectivity index (χ0v) is 16.4. The molecule has 0 bridgehead atoms.